The largest absolute Gasteiger partial charge is 0.453 e. The van der Waals surface area contributed by atoms with Gasteiger partial charge in [-0.15, -0.1) is 0 Å². The van der Waals surface area contributed by atoms with Crippen LogP contribution >= 0.6 is 23.2 Å². The second-order valence-electron chi connectivity index (χ2n) is 4.93. The molecule has 0 aliphatic carbocycles. The van der Waals surface area contributed by atoms with Gasteiger partial charge in [0.2, 0.25) is 0 Å². The van der Waals surface area contributed by atoms with E-state index in [1.54, 1.807) is 48.5 Å². The first-order chi connectivity index (χ1) is 11.5. The molecule has 0 spiro atoms. The maximum absolute atomic E-state index is 11.7. The minimum absolute atomic E-state index is 0.174. The van der Waals surface area contributed by atoms with Crippen LogP contribution in [0.3, 0.4) is 0 Å². The molecule has 0 aromatic heterocycles. The first-order valence-corrected chi connectivity index (χ1v) is 7.83. The highest BCUT2D eigenvalue weighted by atomic mass is 35.5. The van der Waals surface area contributed by atoms with Crippen LogP contribution in [0.25, 0.3) is 0 Å². The van der Waals surface area contributed by atoms with E-state index in [9.17, 15) is 14.7 Å². The first kappa shape index (κ1) is 18.3. The standard InChI is InChI=1S/C17H15Cl2NO4/c18-13-7-6-12(14(19)8-13)9-20-15(21)10-24-17(23)16(22)11-4-2-1-3-5-11/h1-8,16,22H,9-10H2,(H,20,21)/t16-/m0/s1. The molecular formula is C17H15Cl2NO4. The number of aliphatic hydroxyl groups excluding tert-OH is 1. The van der Waals surface area contributed by atoms with Gasteiger partial charge in [0.25, 0.3) is 5.91 Å². The van der Waals surface area contributed by atoms with Gasteiger partial charge < -0.3 is 15.2 Å². The summed E-state index contributed by atoms with van der Waals surface area (Å²) >= 11 is 11.8. The maximum Gasteiger partial charge on any atom is 0.340 e. The van der Waals surface area contributed by atoms with E-state index in [4.69, 9.17) is 27.9 Å². The second-order valence-corrected chi connectivity index (χ2v) is 5.78. The number of carbonyl (C=O) groups excluding carboxylic acids is 2. The van der Waals surface area contributed by atoms with Crippen molar-refractivity contribution >= 4 is 35.1 Å². The van der Waals surface area contributed by atoms with E-state index in [2.05, 4.69) is 5.32 Å². The van der Waals surface area contributed by atoms with Crippen LogP contribution in [-0.4, -0.2) is 23.6 Å². The second kappa shape index (κ2) is 8.68. The highest BCUT2D eigenvalue weighted by Crippen LogP contribution is 2.20. The zero-order chi connectivity index (χ0) is 17.5. The lowest BCUT2D eigenvalue weighted by Crippen LogP contribution is -2.29. The summed E-state index contributed by atoms with van der Waals surface area (Å²) in [5.41, 5.74) is 1.08. The number of aliphatic hydroxyl groups is 1. The minimum atomic E-state index is -1.43. The number of hydrogen-bond acceptors (Lipinski definition) is 4. The maximum atomic E-state index is 11.7. The molecule has 0 heterocycles. The Bertz CT molecular complexity index is 722. The fraction of sp³-hybridized carbons (Fsp3) is 0.176. The summed E-state index contributed by atoms with van der Waals surface area (Å²) in [6, 6.07) is 13.2. The van der Waals surface area contributed by atoms with Crippen molar-refractivity contribution in [3.63, 3.8) is 0 Å². The molecule has 2 rings (SSSR count). The third kappa shape index (κ3) is 5.23. The van der Waals surface area contributed by atoms with Gasteiger partial charge in [0.05, 0.1) is 0 Å². The topological polar surface area (TPSA) is 75.6 Å². The van der Waals surface area contributed by atoms with Crippen LogP contribution in [0.2, 0.25) is 10.0 Å². The predicted octanol–water partition coefficient (Wildman–Crippen LogP) is 2.89. The number of esters is 1. The van der Waals surface area contributed by atoms with Gasteiger partial charge >= 0.3 is 5.97 Å². The van der Waals surface area contributed by atoms with Gasteiger partial charge in [0, 0.05) is 16.6 Å². The van der Waals surface area contributed by atoms with Crippen LogP contribution in [0.4, 0.5) is 0 Å². The SMILES string of the molecule is O=C(COC(=O)[C@@H](O)c1ccccc1)NCc1ccc(Cl)cc1Cl. The number of rotatable bonds is 6. The van der Waals surface area contributed by atoms with Crippen molar-refractivity contribution in [1.82, 2.24) is 5.32 Å². The lowest BCUT2D eigenvalue weighted by atomic mass is 10.1. The molecule has 24 heavy (non-hydrogen) atoms. The lowest BCUT2D eigenvalue weighted by molar-refractivity contribution is -0.157. The summed E-state index contributed by atoms with van der Waals surface area (Å²) in [5.74, 6) is -1.39. The molecule has 126 valence electrons. The van der Waals surface area contributed by atoms with Gasteiger partial charge in [-0.05, 0) is 23.3 Å². The molecular weight excluding hydrogens is 353 g/mol. The molecule has 1 amide bonds. The Morgan fingerprint density at radius 2 is 1.83 bits per heavy atom. The number of halogens is 2. The zero-order valence-electron chi connectivity index (χ0n) is 12.5. The number of amides is 1. The smallest absolute Gasteiger partial charge is 0.340 e. The van der Waals surface area contributed by atoms with E-state index in [-0.39, 0.29) is 6.54 Å². The quantitative estimate of drug-likeness (QED) is 0.769. The molecule has 0 saturated carbocycles. The number of benzene rings is 2. The molecule has 0 radical (unpaired) electrons. The highest BCUT2D eigenvalue weighted by molar-refractivity contribution is 6.35. The summed E-state index contributed by atoms with van der Waals surface area (Å²) in [6.07, 6.45) is -1.43. The molecule has 0 aliphatic heterocycles. The number of carbonyl (C=O) groups is 2. The average molecular weight is 368 g/mol. The third-order valence-electron chi connectivity index (χ3n) is 3.18. The van der Waals surface area contributed by atoms with Gasteiger partial charge in [-0.3, -0.25) is 4.79 Å². The van der Waals surface area contributed by atoms with Crippen LogP contribution in [0.15, 0.2) is 48.5 Å². The predicted molar refractivity (Wildman–Crippen MR) is 90.7 cm³/mol. The number of nitrogens with one attached hydrogen (secondary N) is 1. The summed E-state index contributed by atoms with van der Waals surface area (Å²) in [6.45, 7) is -0.318. The monoisotopic (exact) mass is 367 g/mol. The van der Waals surface area contributed by atoms with Gasteiger partial charge in [-0.2, -0.15) is 0 Å². The van der Waals surface area contributed by atoms with E-state index in [0.29, 0.717) is 21.2 Å². The molecule has 0 unspecified atom stereocenters. The van der Waals surface area contributed by atoms with Crippen molar-refractivity contribution in [1.29, 1.82) is 0 Å². The number of hydrogen-bond donors (Lipinski definition) is 2. The molecule has 1 atom stereocenters. The minimum Gasteiger partial charge on any atom is -0.453 e. The molecule has 0 saturated heterocycles. The molecule has 0 aliphatic rings. The van der Waals surface area contributed by atoms with E-state index in [0.717, 1.165) is 0 Å². The normalized spacial score (nSPS) is 11.6. The molecule has 0 bridgehead atoms. The first-order valence-electron chi connectivity index (χ1n) is 7.07. The van der Waals surface area contributed by atoms with Gasteiger partial charge in [-0.1, -0.05) is 59.6 Å². The van der Waals surface area contributed by atoms with E-state index in [1.807, 2.05) is 0 Å². The molecule has 2 aromatic rings. The highest BCUT2D eigenvalue weighted by Gasteiger charge is 2.19. The number of ether oxygens (including phenoxy) is 1. The molecule has 2 N–H and O–H groups in total. The van der Waals surface area contributed by atoms with Crippen molar-refractivity contribution < 1.29 is 19.4 Å². The Labute approximate surface area is 149 Å². The zero-order valence-corrected chi connectivity index (χ0v) is 14.1. The van der Waals surface area contributed by atoms with Gasteiger partial charge in [0.1, 0.15) is 0 Å². The lowest BCUT2D eigenvalue weighted by Gasteiger charge is -2.11. The van der Waals surface area contributed by atoms with Crippen LogP contribution in [0.1, 0.15) is 17.2 Å². The summed E-state index contributed by atoms with van der Waals surface area (Å²) in [5, 5.41) is 13.3. The van der Waals surface area contributed by atoms with Crippen LogP contribution in [-0.2, 0) is 20.9 Å². The fourth-order valence-corrected chi connectivity index (χ4v) is 2.37. The van der Waals surface area contributed by atoms with Crippen molar-refractivity contribution in [2.75, 3.05) is 6.61 Å². The van der Waals surface area contributed by atoms with E-state index >= 15 is 0 Å². The van der Waals surface area contributed by atoms with E-state index in [1.165, 1.54) is 0 Å². The molecule has 7 heteroatoms. The van der Waals surface area contributed by atoms with Gasteiger partial charge in [0.15, 0.2) is 12.7 Å². The van der Waals surface area contributed by atoms with Crippen LogP contribution in [0.5, 0.6) is 0 Å². The Morgan fingerprint density at radius 1 is 1.12 bits per heavy atom. The van der Waals surface area contributed by atoms with Gasteiger partial charge in [-0.25, -0.2) is 4.79 Å². The van der Waals surface area contributed by atoms with Crippen molar-refractivity contribution in [3.05, 3.63) is 69.7 Å². The fourth-order valence-electron chi connectivity index (χ4n) is 1.90. The Hall–Kier alpha value is -2.08. The molecule has 2 aromatic carbocycles. The third-order valence-corrected chi connectivity index (χ3v) is 3.76. The van der Waals surface area contributed by atoms with E-state index < -0.39 is 24.6 Å². The average Bonchev–Trinajstić information content (AvgIpc) is 2.59. The Kier molecular flexibility index (Phi) is 6.61. The summed E-state index contributed by atoms with van der Waals surface area (Å²) in [7, 11) is 0. The van der Waals surface area contributed by atoms with Crippen LogP contribution < -0.4 is 5.32 Å². The van der Waals surface area contributed by atoms with Crippen molar-refractivity contribution in [2.45, 2.75) is 12.6 Å². The van der Waals surface area contributed by atoms with Crippen LogP contribution in [0, 0.1) is 0 Å². The Morgan fingerprint density at radius 3 is 2.50 bits per heavy atom. The summed E-state index contributed by atoms with van der Waals surface area (Å²) < 4.78 is 4.80. The molecule has 5 nitrogen and oxygen atoms in total. The Balaban J connectivity index is 1.79. The van der Waals surface area contributed by atoms with Crippen molar-refractivity contribution in [2.24, 2.45) is 0 Å². The van der Waals surface area contributed by atoms with Crippen molar-refractivity contribution in [3.8, 4) is 0 Å². The molecule has 0 fully saturated rings. The summed E-state index contributed by atoms with van der Waals surface area (Å²) in [4.78, 5) is 23.4.